The quantitative estimate of drug-likeness (QED) is 0.492. The van der Waals surface area contributed by atoms with Gasteiger partial charge < -0.3 is 25.2 Å². The molecule has 1 saturated carbocycles. The van der Waals surface area contributed by atoms with Gasteiger partial charge in [0.1, 0.15) is 12.6 Å². The third kappa shape index (κ3) is 5.26. The second kappa shape index (κ2) is 9.82. The molecule has 0 saturated heterocycles. The standard InChI is InChI=1S/C24H26N2O6/c27-22(28)13-21(23(29)25-11-12-31-15-9-10-15)26-24(30)32-14-20-18-7-3-1-5-16(18)17-6-2-4-8-19(17)20/h1-8,15,20-21H,9-14H2,(H,25,29)(H,26,30)(H,27,28). The molecule has 2 aromatic rings. The van der Waals surface area contributed by atoms with E-state index in [0.29, 0.717) is 6.61 Å². The lowest BCUT2D eigenvalue weighted by Gasteiger charge is -2.18. The van der Waals surface area contributed by atoms with Gasteiger partial charge in [0.2, 0.25) is 5.91 Å². The number of rotatable bonds is 10. The maximum atomic E-state index is 12.4. The number of amides is 2. The van der Waals surface area contributed by atoms with Crippen LogP contribution in [-0.2, 0) is 19.1 Å². The number of fused-ring (bicyclic) bond motifs is 3. The van der Waals surface area contributed by atoms with Crippen LogP contribution in [0.1, 0.15) is 36.3 Å². The number of nitrogens with one attached hydrogen (secondary N) is 2. The van der Waals surface area contributed by atoms with E-state index in [1.807, 2.05) is 48.5 Å². The molecule has 8 heteroatoms. The zero-order chi connectivity index (χ0) is 22.5. The molecule has 2 aromatic carbocycles. The summed E-state index contributed by atoms with van der Waals surface area (Å²) >= 11 is 0. The van der Waals surface area contributed by atoms with E-state index >= 15 is 0 Å². The summed E-state index contributed by atoms with van der Waals surface area (Å²) in [5, 5.41) is 14.1. The van der Waals surface area contributed by atoms with E-state index in [1.165, 1.54) is 0 Å². The van der Waals surface area contributed by atoms with Crippen LogP contribution in [0.2, 0.25) is 0 Å². The monoisotopic (exact) mass is 438 g/mol. The molecule has 2 amide bonds. The number of carbonyl (C=O) groups is 3. The molecule has 8 nitrogen and oxygen atoms in total. The van der Waals surface area contributed by atoms with Crippen LogP contribution in [0.3, 0.4) is 0 Å². The van der Waals surface area contributed by atoms with Gasteiger partial charge in [-0.2, -0.15) is 0 Å². The first-order valence-electron chi connectivity index (χ1n) is 10.8. The van der Waals surface area contributed by atoms with Gasteiger partial charge >= 0.3 is 12.1 Å². The van der Waals surface area contributed by atoms with Crippen LogP contribution in [0, 0.1) is 0 Å². The Hall–Kier alpha value is -3.39. The van der Waals surface area contributed by atoms with E-state index in [-0.39, 0.29) is 25.2 Å². The molecule has 32 heavy (non-hydrogen) atoms. The van der Waals surface area contributed by atoms with E-state index in [4.69, 9.17) is 14.6 Å². The maximum Gasteiger partial charge on any atom is 0.407 e. The third-order valence-corrected chi connectivity index (χ3v) is 5.61. The molecule has 4 rings (SSSR count). The average Bonchev–Trinajstić information content (AvgIpc) is 3.56. The first-order chi connectivity index (χ1) is 15.5. The van der Waals surface area contributed by atoms with Crippen molar-refractivity contribution in [3.05, 3.63) is 59.7 Å². The Balaban J connectivity index is 1.34. The van der Waals surface area contributed by atoms with Crippen LogP contribution in [0.15, 0.2) is 48.5 Å². The van der Waals surface area contributed by atoms with Gasteiger partial charge in [0.15, 0.2) is 0 Å². The summed E-state index contributed by atoms with van der Waals surface area (Å²) in [5.74, 6) is -1.90. The molecule has 0 radical (unpaired) electrons. The van der Waals surface area contributed by atoms with Crippen molar-refractivity contribution in [3.8, 4) is 11.1 Å². The summed E-state index contributed by atoms with van der Waals surface area (Å²) in [6.45, 7) is 0.676. The highest BCUT2D eigenvalue weighted by molar-refractivity contribution is 5.89. The number of hydrogen-bond donors (Lipinski definition) is 3. The lowest BCUT2D eigenvalue weighted by Crippen LogP contribution is -2.48. The predicted molar refractivity (Wildman–Crippen MR) is 116 cm³/mol. The molecule has 3 N–H and O–H groups in total. The number of alkyl carbamates (subject to hydrolysis) is 1. The minimum atomic E-state index is -1.23. The Morgan fingerprint density at radius 3 is 2.22 bits per heavy atom. The molecule has 0 aliphatic heterocycles. The maximum absolute atomic E-state index is 12.4. The minimum Gasteiger partial charge on any atom is -0.481 e. The lowest BCUT2D eigenvalue weighted by molar-refractivity contribution is -0.139. The van der Waals surface area contributed by atoms with E-state index in [0.717, 1.165) is 35.1 Å². The fourth-order valence-corrected chi connectivity index (χ4v) is 3.92. The van der Waals surface area contributed by atoms with Gasteiger partial charge in [-0.05, 0) is 35.1 Å². The Kier molecular flexibility index (Phi) is 6.70. The molecular formula is C24H26N2O6. The molecule has 168 valence electrons. The lowest BCUT2D eigenvalue weighted by atomic mass is 9.98. The van der Waals surface area contributed by atoms with Crippen LogP contribution in [-0.4, -0.2) is 55.0 Å². The van der Waals surface area contributed by atoms with Crippen molar-refractivity contribution in [2.75, 3.05) is 19.8 Å². The molecular weight excluding hydrogens is 412 g/mol. The van der Waals surface area contributed by atoms with Crippen LogP contribution in [0.4, 0.5) is 4.79 Å². The van der Waals surface area contributed by atoms with Crippen molar-refractivity contribution in [1.29, 1.82) is 0 Å². The topological polar surface area (TPSA) is 114 Å². The summed E-state index contributed by atoms with van der Waals surface area (Å²) in [6.07, 6.45) is 0.945. The highest BCUT2D eigenvalue weighted by Gasteiger charge is 2.30. The number of carboxylic acid groups (broad SMARTS) is 1. The van der Waals surface area contributed by atoms with Gasteiger partial charge in [0.25, 0.3) is 0 Å². The minimum absolute atomic E-state index is 0.0799. The molecule has 2 aliphatic rings. The average molecular weight is 438 g/mol. The molecule has 0 bridgehead atoms. The predicted octanol–water partition coefficient (Wildman–Crippen LogP) is 2.66. The van der Waals surface area contributed by atoms with Crippen molar-refractivity contribution in [1.82, 2.24) is 10.6 Å². The van der Waals surface area contributed by atoms with Gasteiger partial charge in [0, 0.05) is 12.5 Å². The Morgan fingerprint density at radius 2 is 1.62 bits per heavy atom. The highest BCUT2D eigenvalue weighted by atomic mass is 16.5. The number of benzene rings is 2. The fraction of sp³-hybridized carbons (Fsp3) is 0.375. The van der Waals surface area contributed by atoms with E-state index in [2.05, 4.69) is 10.6 Å². The SMILES string of the molecule is O=C(O)CC(NC(=O)OCC1c2ccccc2-c2ccccc21)C(=O)NCCOC1CC1. The molecule has 0 aromatic heterocycles. The van der Waals surface area contributed by atoms with E-state index in [1.54, 1.807) is 0 Å². The largest absolute Gasteiger partial charge is 0.481 e. The number of hydrogen-bond acceptors (Lipinski definition) is 5. The van der Waals surface area contributed by atoms with Gasteiger partial charge in [-0.15, -0.1) is 0 Å². The molecule has 1 unspecified atom stereocenters. The number of carbonyl (C=O) groups excluding carboxylic acids is 2. The highest BCUT2D eigenvalue weighted by Crippen LogP contribution is 2.44. The van der Waals surface area contributed by atoms with Crippen molar-refractivity contribution < 1.29 is 29.0 Å². The number of carboxylic acids is 1. The first kappa shape index (κ1) is 21.8. The third-order valence-electron chi connectivity index (χ3n) is 5.61. The zero-order valence-electron chi connectivity index (χ0n) is 17.6. The van der Waals surface area contributed by atoms with E-state index < -0.39 is 30.4 Å². The Morgan fingerprint density at radius 1 is 1.00 bits per heavy atom. The van der Waals surface area contributed by atoms with Crippen molar-refractivity contribution in [3.63, 3.8) is 0 Å². The number of ether oxygens (including phenoxy) is 2. The van der Waals surface area contributed by atoms with Crippen molar-refractivity contribution in [2.45, 2.75) is 37.3 Å². The fourth-order valence-electron chi connectivity index (χ4n) is 3.92. The van der Waals surface area contributed by atoms with Gasteiger partial charge in [0.05, 0.1) is 19.1 Å². The van der Waals surface area contributed by atoms with Crippen molar-refractivity contribution in [2.24, 2.45) is 0 Å². The van der Waals surface area contributed by atoms with Crippen LogP contribution < -0.4 is 10.6 Å². The van der Waals surface area contributed by atoms with Gasteiger partial charge in [-0.3, -0.25) is 9.59 Å². The molecule has 1 atom stereocenters. The smallest absolute Gasteiger partial charge is 0.407 e. The van der Waals surface area contributed by atoms with Gasteiger partial charge in [-0.25, -0.2) is 4.79 Å². The van der Waals surface area contributed by atoms with Crippen LogP contribution in [0.25, 0.3) is 11.1 Å². The molecule has 1 fully saturated rings. The summed E-state index contributed by atoms with van der Waals surface area (Å²) in [7, 11) is 0. The summed E-state index contributed by atoms with van der Waals surface area (Å²) in [4.78, 5) is 35.9. The second-order valence-corrected chi connectivity index (χ2v) is 7.98. The van der Waals surface area contributed by atoms with E-state index in [9.17, 15) is 14.4 Å². The summed E-state index contributed by atoms with van der Waals surface area (Å²) in [6, 6.07) is 14.7. The molecule has 0 heterocycles. The van der Waals surface area contributed by atoms with Crippen LogP contribution in [0.5, 0.6) is 0 Å². The number of aliphatic carboxylic acids is 1. The molecule has 0 spiro atoms. The second-order valence-electron chi connectivity index (χ2n) is 7.98. The first-order valence-corrected chi connectivity index (χ1v) is 10.8. The van der Waals surface area contributed by atoms with Crippen LogP contribution >= 0.6 is 0 Å². The summed E-state index contributed by atoms with van der Waals surface area (Å²) in [5.41, 5.74) is 4.34. The Bertz CT molecular complexity index is 958. The molecule has 2 aliphatic carbocycles. The van der Waals surface area contributed by atoms with Crippen molar-refractivity contribution >= 4 is 18.0 Å². The Labute approximate surface area is 185 Å². The normalized spacial score (nSPS) is 15.4. The summed E-state index contributed by atoms with van der Waals surface area (Å²) < 4.78 is 10.9. The van der Waals surface area contributed by atoms with Gasteiger partial charge in [-0.1, -0.05) is 48.5 Å². The zero-order valence-corrected chi connectivity index (χ0v) is 17.6.